The molecule has 0 spiro atoms. The summed E-state index contributed by atoms with van der Waals surface area (Å²) >= 11 is 0. The molecule has 2 heteroatoms. The van der Waals surface area contributed by atoms with Gasteiger partial charge in [0.05, 0.1) is 0 Å². The molecule has 0 atom stereocenters. The first kappa shape index (κ1) is 11.6. The van der Waals surface area contributed by atoms with E-state index in [0.717, 1.165) is 22.2 Å². The molecule has 0 fully saturated rings. The van der Waals surface area contributed by atoms with Gasteiger partial charge in [0.2, 0.25) is 0 Å². The quantitative estimate of drug-likeness (QED) is 0.712. The molecule has 0 aromatic heterocycles. The molecule has 0 heterocycles. The molecule has 0 aliphatic carbocycles. The number of anilines is 1. The van der Waals surface area contributed by atoms with Gasteiger partial charge in [-0.3, -0.25) is 0 Å². The van der Waals surface area contributed by atoms with Crippen LogP contribution in [0.3, 0.4) is 0 Å². The summed E-state index contributed by atoms with van der Waals surface area (Å²) in [7, 11) is 0. The summed E-state index contributed by atoms with van der Waals surface area (Å²) in [6.07, 6.45) is 0. The average Bonchev–Trinajstić information content (AvgIpc) is 2.46. The van der Waals surface area contributed by atoms with E-state index < -0.39 is 0 Å². The van der Waals surface area contributed by atoms with Crippen molar-refractivity contribution in [3.05, 3.63) is 72.3 Å². The Morgan fingerprint density at radius 1 is 0.789 bits per heavy atom. The van der Waals surface area contributed by atoms with Crippen molar-refractivity contribution >= 4 is 16.5 Å². The summed E-state index contributed by atoms with van der Waals surface area (Å²) in [5.74, 6) is 0.876. The highest BCUT2D eigenvalue weighted by molar-refractivity contribution is 5.86. The molecule has 0 aliphatic rings. The van der Waals surface area contributed by atoms with Gasteiger partial charge in [0, 0.05) is 5.69 Å². The number of hydrogen-bond donors (Lipinski definition) is 1. The second-order valence-electron chi connectivity index (χ2n) is 4.54. The summed E-state index contributed by atoms with van der Waals surface area (Å²) in [6, 6.07) is 22.1. The maximum Gasteiger partial charge on any atom is 0.120 e. The van der Waals surface area contributed by atoms with Crippen molar-refractivity contribution in [3.63, 3.8) is 0 Å². The van der Waals surface area contributed by atoms with E-state index >= 15 is 0 Å². The zero-order valence-electron chi connectivity index (χ0n) is 10.5. The SMILES string of the molecule is Nc1ccc2cc(OCc3ccccc3)ccc2c1. The lowest BCUT2D eigenvalue weighted by Crippen LogP contribution is -1.94. The number of nitrogen functional groups attached to an aromatic ring is 1. The third kappa shape index (κ3) is 2.68. The van der Waals surface area contributed by atoms with Crippen LogP contribution in [-0.4, -0.2) is 0 Å². The van der Waals surface area contributed by atoms with Gasteiger partial charge in [0.15, 0.2) is 0 Å². The Kier molecular flexibility index (Phi) is 3.07. The number of benzene rings is 3. The van der Waals surface area contributed by atoms with E-state index in [-0.39, 0.29) is 0 Å². The Balaban J connectivity index is 1.80. The number of rotatable bonds is 3. The van der Waals surface area contributed by atoms with Crippen LogP contribution in [0.2, 0.25) is 0 Å². The molecule has 3 aromatic rings. The predicted octanol–water partition coefficient (Wildman–Crippen LogP) is 4.00. The van der Waals surface area contributed by atoms with Gasteiger partial charge in [0.25, 0.3) is 0 Å². The van der Waals surface area contributed by atoms with Crippen LogP contribution in [0.4, 0.5) is 5.69 Å². The fourth-order valence-corrected chi connectivity index (χ4v) is 2.07. The van der Waals surface area contributed by atoms with E-state index in [4.69, 9.17) is 10.5 Å². The van der Waals surface area contributed by atoms with Gasteiger partial charge < -0.3 is 10.5 Å². The van der Waals surface area contributed by atoms with Crippen molar-refractivity contribution in [2.75, 3.05) is 5.73 Å². The van der Waals surface area contributed by atoms with Gasteiger partial charge in [-0.2, -0.15) is 0 Å². The second kappa shape index (κ2) is 5.02. The van der Waals surface area contributed by atoms with Gasteiger partial charge in [0.1, 0.15) is 12.4 Å². The zero-order valence-corrected chi connectivity index (χ0v) is 10.5. The molecule has 0 amide bonds. The molecule has 94 valence electrons. The van der Waals surface area contributed by atoms with E-state index in [1.165, 1.54) is 5.56 Å². The molecular formula is C17H15NO. The molecule has 0 bridgehead atoms. The van der Waals surface area contributed by atoms with Gasteiger partial charge in [-0.15, -0.1) is 0 Å². The van der Waals surface area contributed by atoms with Crippen LogP contribution >= 0.6 is 0 Å². The third-order valence-electron chi connectivity index (χ3n) is 3.08. The normalized spacial score (nSPS) is 10.5. The van der Waals surface area contributed by atoms with Crippen LogP contribution in [0.15, 0.2) is 66.7 Å². The van der Waals surface area contributed by atoms with Gasteiger partial charge in [-0.25, -0.2) is 0 Å². The first-order valence-electron chi connectivity index (χ1n) is 6.27. The topological polar surface area (TPSA) is 35.2 Å². The molecule has 0 saturated heterocycles. The number of ether oxygens (including phenoxy) is 1. The summed E-state index contributed by atoms with van der Waals surface area (Å²) in [5, 5.41) is 2.27. The van der Waals surface area contributed by atoms with Gasteiger partial charge in [-0.05, 0) is 40.6 Å². The summed E-state index contributed by atoms with van der Waals surface area (Å²) in [4.78, 5) is 0. The minimum Gasteiger partial charge on any atom is -0.489 e. The molecule has 2 nitrogen and oxygen atoms in total. The minimum absolute atomic E-state index is 0.585. The molecule has 3 aromatic carbocycles. The Hall–Kier alpha value is -2.48. The van der Waals surface area contributed by atoms with Crippen LogP contribution in [0, 0.1) is 0 Å². The lowest BCUT2D eigenvalue weighted by molar-refractivity contribution is 0.306. The largest absolute Gasteiger partial charge is 0.489 e. The van der Waals surface area contributed by atoms with E-state index in [1.807, 2.05) is 54.6 Å². The fourth-order valence-electron chi connectivity index (χ4n) is 2.07. The van der Waals surface area contributed by atoms with E-state index in [2.05, 4.69) is 12.1 Å². The summed E-state index contributed by atoms with van der Waals surface area (Å²) < 4.78 is 5.80. The lowest BCUT2D eigenvalue weighted by atomic mass is 10.1. The number of fused-ring (bicyclic) bond motifs is 1. The predicted molar refractivity (Wildman–Crippen MR) is 79.1 cm³/mol. The second-order valence-corrected chi connectivity index (χ2v) is 4.54. The maximum atomic E-state index is 5.80. The van der Waals surface area contributed by atoms with E-state index in [1.54, 1.807) is 0 Å². The number of nitrogens with two attached hydrogens (primary N) is 1. The molecule has 0 aliphatic heterocycles. The van der Waals surface area contributed by atoms with Crippen LogP contribution in [0.5, 0.6) is 5.75 Å². The van der Waals surface area contributed by atoms with Gasteiger partial charge >= 0.3 is 0 Å². The highest BCUT2D eigenvalue weighted by Gasteiger charge is 1.99. The van der Waals surface area contributed by atoms with Crippen molar-refractivity contribution in [1.29, 1.82) is 0 Å². The van der Waals surface area contributed by atoms with Gasteiger partial charge in [-0.1, -0.05) is 42.5 Å². The molecule has 0 radical (unpaired) electrons. The van der Waals surface area contributed by atoms with E-state index in [9.17, 15) is 0 Å². The fraction of sp³-hybridized carbons (Fsp3) is 0.0588. The van der Waals surface area contributed by atoms with Crippen molar-refractivity contribution in [2.24, 2.45) is 0 Å². The first-order chi connectivity index (χ1) is 9.31. The van der Waals surface area contributed by atoms with Crippen molar-refractivity contribution in [2.45, 2.75) is 6.61 Å². The summed E-state index contributed by atoms with van der Waals surface area (Å²) in [5.41, 5.74) is 7.71. The highest BCUT2D eigenvalue weighted by atomic mass is 16.5. The summed E-state index contributed by atoms with van der Waals surface area (Å²) in [6.45, 7) is 0.585. The average molecular weight is 249 g/mol. The highest BCUT2D eigenvalue weighted by Crippen LogP contribution is 2.23. The molecule has 0 saturated carbocycles. The molecule has 0 unspecified atom stereocenters. The monoisotopic (exact) mass is 249 g/mol. The lowest BCUT2D eigenvalue weighted by Gasteiger charge is -2.07. The molecular weight excluding hydrogens is 234 g/mol. The van der Waals surface area contributed by atoms with Crippen molar-refractivity contribution in [1.82, 2.24) is 0 Å². The standard InChI is InChI=1S/C17H15NO/c18-16-8-6-15-11-17(9-7-14(15)10-16)19-12-13-4-2-1-3-5-13/h1-11H,12,18H2. The van der Waals surface area contributed by atoms with E-state index in [0.29, 0.717) is 6.61 Å². The third-order valence-corrected chi connectivity index (χ3v) is 3.08. The Morgan fingerprint density at radius 3 is 2.37 bits per heavy atom. The Labute approximate surface area is 112 Å². The molecule has 2 N–H and O–H groups in total. The van der Waals surface area contributed by atoms with Crippen LogP contribution < -0.4 is 10.5 Å². The zero-order chi connectivity index (χ0) is 13.1. The Morgan fingerprint density at radius 2 is 1.53 bits per heavy atom. The molecule has 19 heavy (non-hydrogen) atoms. The van der Waals surface area contributed by atoms with Crippen LogP contribution in [-0.2, 0) is 6.61 Å². The van der Waals surface area contributed by atoms with Crippen molar-refractivity contribution < 1.29 is 4.74 Å². The number of hydrogen-bond acceptors (Lipinski definition) is 2. The maximum absolute atomic E-state index is 5.80. The van der Waals surface area contributed by atoms with Crippen LogP contribution in [0.1, 0.15) is 5.56 Å². The van der Waals surface area contributed by atoms with Crippen molar-refractivity contribution in [3.8, 4) is 5.75 Å². The smallest absolute Gasteiger partial charge is 0.120 e. The first-order valence-corrected chi connectivity index (χ1v) is 6.27. The molecule has 3 rings (SSSR count). The minimum atomic E-state index is 0.585. The Bertz CT molecular complexity index is 692. The van der Waals surface area contributed by atoms with Crippen LogP contribution in [0.25, 0.3) is 10.8 Å².